The van der Waals surface area contributed by atoms with Crippen LogP contribution in [-0.2, 0) is 14.8 Å². The van der Waals surface area contributed by atoms with Crippen LogP contribution in [0.25, 0.3) is 10.4 Å². The molecule has 0 saturated heterocycles. The lowest BCUT2D eigenvalue weighted by molar-refractivity contribution is -0.0327. The van der Waals surface area contributed by atoms with Crippen molar-refractivity contribution in [3.05, 3.63) is 46.1 Å². The van der Waals surface area contributed by atoms with Crippen LogP contribution in [0.3, 0.4) is 0 Å². The first-order chi connectivity index (χ1) is 11.4. The van der Waals surface area contributed by atoms with Gasteiger partial charge < -0.3 is 9.16 Å². The standard InChI is InChI=1S/C18H30FN3O2Si/c1-17(2,3)25(6,7)24-13-16(21-22-20)12-23-18(4,5)14-8-10-15(19)11-9-14/h8-11,16H,12-13H2,1-7H3. The Labute approximate surface area is 151 Å². The Bertz CT molecular complexity index is 606. The zero-order chi connectivity index (χ0) is 19.3. The molecule has 1 unspecified atom stereocenters. The van der Waals surface area contributed by atoms with Gasteiger partial charge in [0.2, 0.25) is 0 Å². The van der Waals surface area contributed by atoms with E-state index in [9.17, 15) is 4.39 Å². The monoisotopic (exact) mass is 367 g/mol. The lowest BCUT2D eigenvalue weighted by Gasteiger charge is -2.37. The van der Waals surface area contributed by atoms with Gasteiger partial charge >= 0.3 is 0 Å². The molecule has 0 bridgehead atoms. The molecule has 1 atom stereocenters. The summed E-state index contributed by atoms with van der Waals surface area (Å²) >= 11 is 0. The van der Waals surface area contributed by atoms with E-state index in [1.165, 1.54) is 12.1 Å². The molecule has 25 heavy (non-hydrogen) atoms. The van der Waals surface area contributed by atoms with Crippen LogP contribution in [0.1, 0.15) is 40.2 Å². The van der Waals surface area contributed by atoms with Crippen LogP contribution >= 0.6 is 0 Å². The number of rotatable bonds is 8. The minimum absolute atomic E-state index is 0.0855. The second kappa shape index (κ2) is 8.32. The van der Waals surface area contributed by atoms with Crippen molar-refractivity contribution in [2.45, 2.75) is 64.4 Å². The number of benzene rings is 1. The highest BCUT2D eigenvalue weighted by atomic mass is 28.4. The summed E-state index contributed by atoms with van der Waals surface area (Å²) in [4.78, 5) is 2.91. The van der Waals surface area contributed by atoms with Crippen molar-refractivity contribution in [2.75, 3.05) is 13.2 Å². The molecule has 0 fully saturated rings. The minimum atomic E-state index is -1.92. The molecule has 1 aromatic rings. The largest absolute Gasteiger partial charge is 0.416 e. The number of hydrogen-bond donors (Lipinski definition) is 0. The lowest BCUT2D eigenvalue weighted by Crippen LogP contribution is -2.43. The van der Waals surface area contributed by atoms with Crippen LogP contribution in [0, 0.1) is 5.82 Å². The average molecular weight is 368 g/mol. The van der Waals surface area contributed by atoms with Crippen molar-refractivity contribution in [1.29, 1.82) is 0 Å². The SMILES string of the molecule is CC(C)(OCC(CO[Si](C)(C)C(C)(C)C)N=[N+]=[N-])c1ccc(F)cc1. The van der Waals surface area contributed by atoms with E-state index in [0.29, 0.717) is 6.61 Å². The van der Waals surface area contributed by atoms with E-state index in [-0.39, 0.29) is 17.5 Å². The molecule has 1 rings (SSSR count). The van der Waals surface area contributed by atoms with Gasteiger partial charge in [-0.1, -0.05) is 38.0 Å². The zero-order valence-corrected chi connectivity index (χ0v) is 17.3. The first kappa shape index (κ1) is 21.6. The van der Waals surface area contributed by atoms with E-state index >= 15 is 0 Å². The quantitative estimate of drug-likeness (QED) is 0.253. The van der Waals surface area contributed by atoms with Gasteiger partial charge in [-0.25, -0.2) is 4.39 Å². The van der Waals surface area contributed by atoms with E-state index in [1.807, 2.05) is 13.8 Å². The molecule has 0 heterocycles. The fraction of sp³-hybridized carbons (Fsp3) is 0.667. The Morgan fingerprint density at radius 3 is 2.16 bits per heavy atom. The summed E-state index contributed by atoms with van der Waals surface area (Å²) in [5, 5.41) is 3.90. The third-order valence-corrected chi connectivity index (χ3v) is 9.33. The average Bonchev–Trinajstić information content (AvgIpc) is 2.49. The van der Waals surface area contributed by atoms with Gasteiger partial charge in [0.05, 0.1) is 18.2 Å². The second-order valence-electron chi connectivity index (χ2n) is 8.26. The summed E-state index contributed by atoms with van der Waals surface area (Å²) in [6.45, 7) is 15.2. The van der Waals surface area contributed by atoms with Crippen LogP contribution in [0.5, 0.6) is 0 Å². The van der Waals surface area contributed by atoms with Crippen LogP contribution < -0.4 is 0 Å². The number of nitrogens with zero attached hydrogens (tertiary/aromatic N) is 3. The molecule has 0 aliphatic heterocycles. The van der Waals surface area contributed by atoms with Crippen molar-refractivity contribution >= 4 is 8.32 Å². The normalized spacial score (nSPS) is 14.1. The molecule has 5 nitrogen and oxygen atoms in total. The van der Waals surface area contributed by atoms with E-state index < -0.39 is 20.0 Å². The predicted octanol–water partition coefficient (Wildman–Crippen LogP) is 5.78. The summed E-state index contributed by atoms with van der Waals surface area (Å²) in [6.07, 6.45) is 0. The van der Waals surface area contributed by atoms with Gasteiger partial charge in [-0.15, -0.1) is 0 Å². The van der Waals surface area contributed by atoms with Crippen LogP contribution in [0.15, 0.2) is 29.4 Å². The summed E-state index contributed by atoms with van der Waals surface area (Å²) in [5.41, 5.74) is 9.06. The van der Waals surface area contributed by atoms with Crippen molar-refractivity contribution in [1.82, 2.24) is 0 Å². The number of ether oxygens (including phenoxy) is 1. The third kappa shape index (κ3) is 6.43. The number of azide groups is 1. The molecule has 0 radical (unpaired) electrons. The highest BCUT2D eigenvalue weighted by Gasteiger charge is 2.37. The molecule has 0 N–H and O–H groups in total. The molecular weight excluding hydrogens is 337 g/mol. The number of hydrogen-bond acceptors (Lipinski definition) is 3. The van der Waals surface area contributed by atoms with Gasteiger partial charge in [-0.3, -0.25) is 0 Å². The van der Waals surface area contributed by atoms with Gasteiger partial charge in [0, 0.05) is 11.5 Å². The van der Waals surface area contributed by atoms with Crippen LogP contribution in [-0.4, -0.2) is 27.6 Å². The molecule has 0 spiro atoms. The zero-order valence-electron chi connectivity index (χ0n) is 16.3. The third-order valence-electron chi connectivity index (χ3n) is 4.83. The lowest BCUT2D eigenvalue weighted by atomic mass is 9.98. The summed E-state index contributed by atoms with van der Waals surface area (Å²) in [6, 6.07) is 5.81. The smallest absolute Gasteiger partial charge is 0.191 e. The van der Waals surface area contributed by atoms with Crippen molar-refractivity contribution in [3.63, 3.8) is 0 Å². The molecule has 7 heteroatoms. The molecule has 0 aliphatic carbocycles. The fourth-order valence-electron chi connectivity index (χ4n) is 1.95. The van der Waals surface area contributed by atoms with E-state index in [4.69, 9.17) is 14.7 Å². The van der Waals surface area contributed by atoms with Gasteiger partial charge in [0.25, 0.3) is 0 Å². The van der Waals surface area contributed by atoms with Crippen LogP contribution in [0.2, 0.25) is 18.1 Å². The Kier molecular flexibility index (Phi) is 7.20. The van der Waals surface area contributed by atoms with E-state index in [0.717, 1.165) is 5.56 Å². The maximum Gasteiger partial charge on any atom is 0.191 e. The van der Waals surface area contributed by atoms with Crippen molar-refractivity contribution < 1.29 is 13.6 Å². The number of halogens is 1. The Morgan fingerprint density at radius 1 is 1.12 bits per heavy atom. The Balaban J connectivity index is 2.72. The highest BCUT2D eigenvalue weighted by Crippen LogP contribution is 2.36. The van der Waals surface area contributed by atoms with Gasteiger partial charge in [-0.2, -0.15) is 0 Å². The molecule has 140 valence electrons. The summed E-state index contributed by atoms with van der Waals surface area (Å²) < 4.78 is 25.2. The Hall–Kier alpha value is -1.40. The molecule has 0 aromatic heterocycles. The van der Waals surface area contributed by atoms with Crippen molar-refractivity contribution in [2.24, 2.45) is 5.11 Å². The second-order valence-corrected chi connectivity index (χ2v) is 13.1. The summed E-state index contributed by atoms with van der Waals surface area (Å²) in [7, 11) is -1.92. The molecule has 0 aliphatic rings. The molecule has 0 saturated carbocycles. The van der Waals surface area contributed by atoms with Crippen molar-refractivity contribution in [3.8, 4) is 0 Å². The fourth-order valence-corrected chi connectivity index (χ4v) is 2.99. The highest BCUT2D eigenvalue weighted by molar-refractivity contribution is 6.74. The molecular formula is C18H30FN3O2Si. The Morgan fingerprint density at radius 2 is 1.68 bits per heavy atom. The van der Waals surface area contributed by atoms with Gasteiger partial charge in [-0.05, 0) is 55.2 Å². The maximum absolute atomic E-state index is 13.1. The molecule has 1 aromatic carbocycles. The maximum atomic E-state index is 13.1. The predicted molar refractivity (Wildman–Crippen MR) is 101 cm³/mol. The van der Waals surface area contributed by atoms with E-state index in [1.54, 1.807) is 12.1 Å². The van der Waals surface area contributed by atoms with Gasteiger partial charge in [0.1, 0.15) is 5.82 Å². The van der Waals surface area contributed by atoms with Crippen LogP contribution in [0.4, 0.5) is 4.39 Å². The minimum Gasteiger partial charge on any atom is -0.416 e. The first-order valence-corrected chi connectivity index (χ1v) is 11.4. The van der Waals surface area contributed by atoms with Gasteiger partial charge in [0.15, 0.2) is 8.32 Å². The van der Waals surface area contributed by atoms with E-state index in [2.05, 4.69) is 43.9 Å². The topological polar surface area (TPSA) is 67.2 Å². The summed E-state index contributed by atoms with van der Waals surface area (Å²) in [5.74, 6) is -0.283. The first-order valence-electron chi connectivity index (χ1n) is 8.47. The molecule has 0 amide bonds.